The van der Waals surface area contributed by atoms with E-state index in [0.717, 1.165) is 5.56 Å². The predicted molar refractivity (Wildman–Crippen MR) is 76.5 cm³/mol. The summed E-state index contributed by atoms with van der Waals surface area (Å²) >= 11 is 1.26. The molecule has 1 unspecified atom stereocenters. The number of ether oxygens (including phenoxy) is 1. The molecule has 1 atom stereocenters. The third-order valence-corrected chi connectivity index (χ3v) is 4.44. The third kappa shape index (κ3) is 3.13. The smallest absolute Gasteiger partial charge is 0.350 e. The normalized spacial score (nSPS) is 13.7. The molecule has 0 saturated heterocycles. The van der Waals surface area contributed by atoms with Crippen molar-refractivity contribution in [1.82, 2.24) is 0 Å². The summed E-state index contributed by atoms with van der Waals surface area (Å²) < 4.78 is 4.71. The topological polar surface area (TPSA) is 81.4 Å². The number of carbonyl (C=O) groups excluding carboxylic acids is 2. The number of amides is 1. The first-order chi connectivity index (χ1) is 8.89. The van der Waals surface area contributed by atoms with E-state index in [2.05, 4.69) is 5.32 Å². The Kier molecular flexibility index (Phi) is 5.08. The van der Waals surface area contributed by atoms with Crippen molar-refractivity contribution >= 4 is 28.9 Å². The molecule has 19 heavy (non-hydrogen) atoms. The van der Waals surface area contributed by atoms with Crippen LogP contribution in [-0.4, -0.2) is 25.5 Å². The number of thiophene rings is 1. The largest absolute Gasteiger partial charge is 0.465 e. The lowest BCUT2D eigenvalue weighted by molar-refractivity contribution is -0.124. The Balaban J connectivity index is 3.03. The van der Waals surface area contributed by atoms with Gasteiger partial charge in [0, 0.05) is 6.54 Å². The standard InChI is InChI=1S/C13H20N2O3S/c1-5-13(3,7-14)12(17)15-9-8(2)6-19-10(9)11(16)18-4/h6H,5,7,14H2,1-4H3,(H,15,17). The van der Waals surface area contributed by atoms with E-state index in [1.165, 1.54) is 18.4 Å². The van der Waals surface area contributed by atoms with Crippen LogP contribution in [0.1, 0.15) is 35.5 Å². The van der Waals surface area contributed by atoms with Gasteiger partial charge >= 0.3 is 5.97 Å². The van der Waals surface area contributed by atoms with Gasteiger partial charge in [0.25, 0.3) is 0 Å². The van der Waals surface area contributed by atoms with Crippen molar-refractivity contribution in [2.45, 2.75) is 27.2 Å². The molecule has 1 amide bonds. The van der Waals surface area contributed by atoms with Crippen LogP contribution in [-0.2, 0) is 9.53 Å². The molecule has 0 aliphatic heterocycles. The summed E-state index contributed by atoms with van der Waals surface area (Å²) in [4.78, 5) is 24.3. The molecule has 1 aromatic rings. The highest BCUT2D eigenvalue weighted by Crippen LogP contribution is 2.30. The number of esters is 1. The van der Waals surface area contributed by atoms with E-state index >= 15 is 0 Å². The molecular weight excluding hydrogens is 264 g/mol. The van der Waals surface area contributed by atoms with E-state index in [9.17, 15) is 9.59 Å². The number of carbonyl (C=O) groups is 2. The highest BCUT2D eigenvalue weighted by Gasteiger charge is 2.31. The van der Waals surface area contributed by atoms with Crippen LogP contribution in [0.25, 0.3) is 0 Å². The number of rotatable bonds is 5. The van der Waals surface area contributed by atoms with Gasteiger partial charge in [-0.25, -0.2) is 4.79 Å². The molecule has 0 bridgehead atoms. The van der Waals surface area contributed by atoms with Gasteiger partial charge in [0.05, 0.1) is 18.2 Å². The summed E-state index contributed by atoms with van der Waals surface area (Å²) in [6.07, 6.45) is 0.631. The van der Waals surface area contributed by atoms with Gasteiger partial charge in [0.15, 0.2) is 0 Å². The van der Waals surface area contributed by atoms with Crippen LogP contribution in [0.5, 0.6) is 0 Å². The van der Waals surface area contributed by atoms with E-state index in [1.807, 2.05) is 26.2 Å². The minimum absolute atomic E-state index is 0.177. The second-order valence-corrected chi connectivity index (χ2v) is 5.57. The lowest BCUT2D eigenvalue weighted by atomic mass is 9.86. The van der Waals surface area contributed by atoms with E-state index in [-0.39, 0.29) is 12.5 Å². The van der Waals surface area contributed by atoms with Gasteiger partial charge in [-0.05, 0) is 31.2 Å². The number of hydrogen-bond acceptors (Lipinski definition) is 5. The van der Waals surface area contributed by atoms with Gasteiger partial charge in [-0.3, -0.25) is 4.79 Å². The second kappa shape index (κ2) is 6.16. The monoisotopic (exact) mass is 284 g/mol. The van der Waals surface area contributed by atoms with E-state index in [1.54, 1.807) is 0 Å². The molecule has 1 heterocycles. The van der Waals surface area contributed by atoms with Gasteiger partial charge < -0.3 is 15.8 Å². The van der Waals surface area contributed by atoms with Gasteiger partial charge in [0.2, 0.25) is 5.91 Å². The van der Waals surface area contributed by atoms with E-state index in [4.69, 9.17) is 10.5 Å². The zero-order chi connectivity index (χ0) is 14.6. The highest BCUT2D eigenvalue weighted by molar-refractivity contribution is 7.12. The quantitative estimate of drug-likeness (QED) is 0.812. The molecule has 0 radical (unpaired) electrons. The van der Waals surface area contributed by atoms with Crippen LogP contribution >= 0.6 is 11.3 Å². The predicted octanol–water partition coefficient (Wildman–Crippen LogP) is 2.16. The van der Waals surface area contributed by atoms with Crippen LogP contribution in [0.15, 0.2) is 5.38 Å². The van der Waals surface area contributed by atoms with Crippen molar-refractivity contribution in [3.05, 3.63) is 15.8 Å². The van der Waals surface area contributed by atoms with Crippen molar-refractivity contribution in [3.63, 3.8) is 0 Å². The number of aryl methyl sites for hydroxylation is 1. The maximum atomic E-state index is 12.3. The summed E-state index contributed by atoms with van der Waals surface area (Å²) in [6.45, 7) is 5.81. The molecule has 0 aliphatic carbocycles. The summed E-state index contributed by atoms with van der Waals surface area (Å²) in [5.41, 5.74) is 6.39. The SMILES string of the molecule is CCC(C)(CN)C(=O)Nc1c(C)csc1C(=O)OC. The van der Waals surface area contributed by atoms with Crippen molar-refractivity contribution in [2.24, 2.45) is 11.1 Å². The number of hydrogen-bond donors (Lipinski definition) is 2. The van der Waals surface area contributed by atoms with Crippen LogP contribution in [0, 0.1) is 12.3 Å². The molecule has 0 aromatic carbocycles. The Morgan fingerprint density at radius 2 is 2.16 bits per heavy atom. The third-order valence-electron chi connectivity index (χ3n) is 3.36. The Morgan fingerprint density at radius 3 is 2.63 bits per heavy atom. The summed E-state index contributed by atoms with van der Waals surface area (Å²) in [6, 6.07) is 0. The molecule has 106 valence electrons. The maximum absolute atomic E-state index is 12.3. The highest BCUT2D eigenvalue weighted by atomic mass is 32.1. The molecule has 0 fully saturated rings. The molecule has 1 rings (SSSR count). The van der Waals surface area contributed by atoms with E-state index in [0.29, 0.717) is 17.0 Å². The summed E-state index contributed by atoms with van der Waals surface area (Å²) in [5, 5.41) is 4.62. The number of nitrogens with two attached hydrogens (primary N) is 1. The molecular formula is C13H20N2O3S. The van der Waals surface area contributed by atoms with Crippen molar-refractivity contribution in [1.29, 1.82) is 0 Å². The molecule has 5 nitrogen and oxygen atoms in total. The van der Waals surface area contributed by atoms with Gasteiger partial charge in [0.1, 0.15) is 4.88 Å². The van der Waals surface area contributed by atoms with Crippen molar-refractivity contribution in [3.8, 4) is 0 Å². The first-order valence-electron chi connectivity index (χ1n) is 6.07. The van der Waals surface area contributed by atoms with Gasteiger partial charge in [-0.1, -0.05) is 6.92 Å². The van der Waals surface area contributed by atoms with Crippen LogP contribution in [0.3, 0.4) is 0 Å². The summed E-state index contributed by atoms with van der Waals surface area (Å²) in [5.74, 6) is -0.622. The maximum Gasteiger partial charge on any atom is 0.350 e. The molecule has 0 spiro atoms. The minimum atomic E-state index is -0.637. The Morgan fingerprint density at radius 1 is 1.53 bits per heavy atom. The van der Waals surface area contributed by atoms with Crippen LogP contribution in [0.4, 0.5) is 5.69 Å². The number of anilines is 1. The van der Waals surface area contributed by atoms with Crippen molar-refractivity contribution in [2.75, 3.05) is 19.0 Å². The zero-order valence-electron chi connectivity index (χ0n) is 11.7. The van der Waals surface area contributed by atoms with Crippen LogP contribution in [0.2, 0.25) is 0 Å². The lowest BCUT2D eigenvalue weighted by Gasteiger charge is -2.25. The summed E-state index contributed by atoms with van der Waals surface area (Å²) in [7, 11) is 1.32. The number of methoxy groups -OCH3 is 1. The average molecular weight is 284 g/mol. The molecule has 0 saturated carbocycles. The average Bonchev–Trinajstić information content (AvgIpc) is 2.78. The Labute approximate surface area is 117 Å². The first kappa shape index (κ1) is 15.7. The first-order valence-corrected chi connectivity index (χ1v) is 6.95. The Bertz CT molecular complexity index is 478. The van der Waals surface area contributed by atoms with Gasteiger partial charge in [-0.15, -0.1) is 11.3 Å². The molecule has 6 heteroatoms. The Hall–Kier alpha value is -1.40. The minimum Gasteiger partial charge on any atom is -0.465 e. The van der Waals surface area contributed by atoms with Crippen molar-refractivity contribution < 1.29 is 14.3 Å². The molecule has 1 aromatic heterocycles. The lowest BCUT2D eigenvalue weighted by Crippen LogP contribution is -2.39. The van der Waals surface area contributed by atoms with Gasteiger partial charge in [-0.2, -0.15) is 0 Å². The fourth-order valence-electron chi connectivity index (χ4n) is 1.50. The fraction of sp³-hybridized carbons (Fsp3) is 0.538. The van der Waals surface area contributed by atoms with E-state index < -0.39 is 11.4 Å². The zero-order valence-corrected chi connectivity index (χ0v) is 12.5. The second-order valence-electron chi connectivity index (χ2n) is 4.69. The van der Waals surface area contributed by atoms with Crippen LogP contribution < -0.4 is 11.1 Å². The fourth-order valence-corrected chi connectivity index (χ4v) is 2.43. The molecule has 3 N–H and O–H groups in total. The molecule has 0 aliphatic rings. The number of nitrogens with one attached hydrogen (secondary N) is 1.